The number of rotatable bonds is 5. The zero-order chi connectivity index (χ0) is 14.6. The molecule has 0 bridgehead atoms. The number of esters is 1. The summed E-state index contributed by atoms with van der Waals surface area (Å²) < 4.78 is 6.22. The minimum atomic E-state index is -0.395. The topological polar surface area (TPSA) is 90.5 Å². The number of carbonyl (C=O) groups is 2. The monoisotopic (exact) mass is 268 g/mol. The molecule has 2 N–H and O–H groups in total. The number of methoxy groups -OCH3 is 1. The summed E-state index contributed by atoms with van der Waals surface area (Å²) in [4.78, 5) is 24.9. The molecule has 7 nitrogen and oxygen atoms in total. The van der Waals surface area contributed by atoms with Gasteiger partial charge in [0.15, 0.2) is 5.69 Å². The molecule has 0 spiro atoms. The van der Waals surface area contributed by atoms with Crippen molar-refractivity contribution in [2.45, 2.75) is 20.4 Å². The number of nitrogen functional groups attached to an aromatic ring is 1. The molecule has 0 saturated heterocycles. The van der Waals surface area contributed by atoms with Gasteiger partial charge in [0.25, 0.3) is 5.91 Å². The van der Waals surface area contributed by atoms with Gasteiger partial charge < -0.3 is 15.4 Å². The average Bonchev–Trinajstić information content (AvgIpc) is 2.77. The van der Waals surface area contributed by atoms with Crippen LogP contribution in [0.5, 0.6) is 0 Å². The lowest BCUT2D eigenvalue weighted by Crippen LogP contribution is -2.34. The van der Waals surface area contributed by atoms with Crippen molar-refractivity contribution in [3.8, 4) is 0 Å². The Balaban J connectivity index is 2.76. The molecule has 0 radical (unpaired) electrons. The molecule has 1 aromatic rings. The first kappa shape index (κ1) is 15.0. The van der Waals surface area contributed by atoms with E-state index >= 15 is 0 Å². The van der Waals surface area contributed by atoms with Gasteiger partial charge in [0, 0.05) is 26.3 Å². The molecule has 1 unspecified atom stereocenters. The molecule has 0 fully saturated rings. The van der Waals surface area contributed by atoms with Crippen molar-refractivity contribution >= 4 is 17.6 Å². The van der Waals surface area contributed by atoms with E-state index in [4.69, 9.17) is 5.73 Å². The standard InChI is InChI=1S/C12H20N4O3/c1-5-16-7-9(13)10(14-16)11(17)15(3)6-8(2)12(18)19-4/h7-8H,5-6,13H2,1-4H3. The number of hydrogen-bond acceptors (Lipinski definition) is 5. The summed E-state index contributed by atoms with van der Waals surface area (Å²) in [5.74, 6) is -1.06. The largest absolute Gasteiger partial charge is 0.469 e. The number of aromatic nitrogens is 2. The minimum Gasteiger partial charge on any atom is -0.469 e. The lowest BCUT2D eigenvalue weighted by molar-refractivity contribution is -0.145. The van der Waals surface area contributed by atoms with Gasteiger partial charge in [-0.15, -0.1) is 0 Å². The molecule has 1 heterocycles. The van der Waals surface area contributed by atoms with Gasteiger partial charge >= 0.3 is 5.97 Å². The third-order valence-electron chi connectivity index (χ3n) is 2.81. The van der Waals surface area contributed by atoms with Gasteiger partial charge in [0.1, 0.15) is 0 Å². The van der Waals surface area contributed by atoms with Crippen molar-refractivity contribution in [3.63, 3.8) is 0 Å². The molecule has 0 aromatic carbocycles. The molecule has 0 aliphatic carbocycles. The van der Waals surface area contributed by atoms with Crippen molar-refractivity contribution < 1.29 is 14.3 Å². The smallest absolute Gasteiger partial charge is 0.310 e. The first-order valence-electron chi connectivity index (χ1n) is 6.06. The van der Waals surface area contributed by atoms with Gasteiger partial charge in [-0.2, -0.15) is 5.10 Å². The van der Waals surface area contributed by atoms with E-state index < -0.39 is 5.92 Å². The molecule has 7 heteroatoms. The number of amides is 1. The Morgan fingerprint density at radius 2 is 2.21 bits per heavy atom. The van der Waals surface area contributed by atoms with Crippen LogP contribution in [0.15, 0.2) is 6.20 Å². The third-order valence-corrected chi connectivity index (χ3v) is 2.81. The number of anilines is 1. The van der Waals surface area contributed by atoms with E-state index in [2.05, 4.69) is 9.84 Å². The second-order valence-corrected chi connectivity index (χ2v) is 4.40. The average molecular weight is 268 g/mol. The highest BCUT2D eigenvalue weighted by atomic mass is 16.5. The SMILES string of the molecule is CCn1cc(N)c(C(=O)N(C)CC(C)C(=O)OC)n1. The van der Waals surface area contributed by atoms with Crippen LogP contribution < -0.4 is 5.73 Å². The molecule has 106 valence electrons. The molecule has 1 atom stereocenters. The van der Waals surface area contributed by atoms with Crippen molar-refractivity contribution in [2.24, 2.45) is 5.92 Å². The van der Waals surface area contributed by atoms with Crippen molar-refractivity contribution in [1.82, 2.24) is 14.7 Å². The summed E-state index contributed by atoms with van der Waals surface area (Å²) in [5, 5.41) is 4.11. The number of nitrogens with two attached hydrogens (primary N) is 1. The highest BCUT2D eigenvalue weighted by Gasteiger charge is 2.23. The quantitative estimate of drug-likeness (QED) is 0.779. The predicted molar refractivity (Wildman–Crippen MR) is 70.5 cm³/mol. The van der Waals surface area contributed by atoms with Gasteiger partial charge in [0.2, 0.25) is 0 Å². The second-order valence-electron chi connectivity index (χ2n) is 4.40. The molecule has 19 heavy (non-hydrogen) atoms. The Hall–Kier alpha value is -2.05. The molecule has 0 aliphatic heterocycles. The molecule has 0 aliphatic rings. The van der Waals surface area contributed by atoms with Crippen molar-refractivity contribution in [3.05, 3.63) is 11.9 Å². The Bertz CT molecular complexity index is 470. The fourth-order valence-corrected chi connectivity index (χ4v) is 1.72. The van der Waals surface area contributed by atoms with Crippen LogP contribution in [0.3, 0.4) is 0 Å². The van der Waals surface area contributed by atoms with Crippen LogP contribution in [0, 0.1) is 5.92 Å². The maximum atomic E-state index is 12.2. The minimum absolute atomic E-state index is 0.210. The van der Waals surface area contributed by atoms with Crippen LogP contribution in [0.25, 0.3) is 0 Å². The predicted octanol–water partition coefficient (Wildman–Crippen LogP) is 0.366. The van der Waals surface area contributed by atoms with Crippen LogP contribution in [-0.2, 0) is 16.1 Å². The molecular weight excluding hydrogens is 248 g/mol. The molecular formula is C12H20N4O3. The van der Waals surface area contributed by atoms with Crippen LogP contribution in [0.4, 0.5) is 5.69 Å². The number of hydrogen-bond donors (Lipinski definition) is 1. The summed E-state index contributed by atoms with van der Waals surface area (Å²) in [6.07, 6.45) is 1.62. The van der Waals surface area contributed by atoms with Gasteiger partial charge in [-0.1, -0.05) is 6.92 Å². The molecule has 0 saturated carbocycles. The Morgan fingerprint density at radius 3 is 2.68 bits per heavy atom. The Labute approximate surface area is 112 Å². The van der Waals surface area contributed by atoms with E-state index in [9.17, 15) is 9.59 Å². The zero-order valence-corrected chi connectivity index (χ0v) is 11.7. The van der Waals surface area contributed by atoms with E-state index in [1.165, 1.54) is 12.0 Å². The maximum Gasteiger partial charge on any atom is 0.310 e. The molecule has 1 aromatic heterocycles. The molecule has 1 amide bonds. The van der Waals surface area contributed by atoms with Gasteiger partial charge in [0.05, 0.1) is 18.7 Å². The second kappa shape index (κ2) is 6.21. The lowest BCUT2D eigenvalue weighted by atomic mass is 10.1. The molecule has 1 rings (SSSR count). The number of ether oxygens (including phenoxy) is 1. The van der Waals surface area contributed by atoms with Gasteiger partial charge in [-0.25, -0.2) is 0 Å². The summed E-state index contributed by atoms with van der Waals surface area (Å²) in [6, 6.07) is 0. The third kappa shape index (κ3) is 3.46. The van der Waals surface area contributed by atoms with Crippen LogP contribution >= 0.6 is 0 Å². The maximum absolute atomic E-state index is 12.2. The zero-order valence-electron chi connectivity index (χ0n) is 11.7. The number of carbonyl (C=O) groups excluding carboxylic acids is 2. The van der Waals surface area contributed by atoms with Crippen LogP contribution in [-0.4, -0.2) is 47.3 Å². The Kier molecular flexibility index (Phi) is 4.91. The normalized spacial score (nSPS) is 12.0. The first-order valence-corrected chi connectivity index (χ1v) is 6.06. The van der Waals surface area contributed by atoms with E-state index in [1.54, 1.807) is 24.9 Å². The van der Waals surface area contributed by atoms with E-state index in [1.807, 2.05) is 6.92 Å². The van der Waals surface area contributed by atoms with E-state index in [0.29, 0.717) is 12.2 Å². The van der Waals surface area contributed by atoms with Crippen molar-refractivity contribution in [2.75, 3.05) is 26.4 Å². The summed E-state index contributed by atoms with van der Waals surface area (Å²) >= 11 is 0. The number of aryl methyl sites for hydroxylation is 1. The summed E-state index contributed by atoms with van der Waals surface area (Å²) in [5.41, 5.74) is 6.30. The fourth-order valence-electron chi connectivity index (χ4n) is 1.72. The highest BCUT2D eigenvalue weighted by molar-refractivity contribution is 5.97. The van der Waals surface area contributed by atoms with Crippen LogP contribution in [0.2, 0.25) is 0 Å². The number of nitrogens with zero attached hydrogens (tertiary/aromatic N) is 3. The van der Waals surface area contributed by atoms with Crippen LogP contribution in [0.1, 0.15) is 24.3 Å². The van der Waals surface area contributed by atoms with E-state index in [-0.39, 0.29) is 24.1 Å². The first-order chi connectivity index (χ1) is 8.90. The lowest BCUT2D eigenvalue weighted by Gasteiger charge is -2.19. The highest BCUT2D eigenvalue weighted by Crippen LogP contribution is 2.12. The van der Waals surface area contributed by atoms with Crippen molar-refractivity contribution in [1.29, 1.82) is 0 Å². The van der Waals surface area contributed by atoms with E-state index in [0.717, 1.165) is 0 Å². The summed E-state index contributed by atoms with van der Waals surface area (Å²) in [6.45, 7) is 4.50. The fraction of sp³-hybridized carbons (Fsp3) is 0.583. The summed E-state index contributed by atoms with van der Waals surface area (Å²) in [7, 11) is 2.92. The van der Waals surface area contributed by atoms with Gasteiger partial charge in [-0.05, 0) is 6.92 Å². The van der Waals surface area contributed by atoms with Gasteiger partial charge in [-0.3, -0.25) is 14.3 Å². The Morgan fingerprint density at radius 1 is 1.58 bits per heavy atom.